The van der Waals surface area contributed by atoms with E-state index in [-0.39, 0.29) is 5.41 Å². The van der Waals surface area contributed by atoms with Crippen molar-refractivity contribution < 1.29 is 4.42 Å². The smallest absolute Gasteiger partial charge is 0.137 e. The van der Waals surface area contributed by atoms with Gasteiger partial charge in [-0.2, -0.15) is 0 Å². The van der Waals surface area contributed by atoms with E-state index >= 15 is 0 Å². The normalized spacial score (nSPS) is 13.1. The highest BCUT2D eigenvalue weighted by Crippen LogP contribution is 2.51. The van der Waals surface area contributed by atoms with Crippen LogP contribution in [0.4, 0.5) is 17.1 Å². The molecule has 2 heteroatoms. The molecule has 1 aliphatic rings. The molecule has 1 heterocycles. The van der Waals surface area contributed by atoms with Crippen LogP contribution in [-0.4, -0.2) is 0 Å². The van der Waals surface area contributed by atoms with Crippen molar-refractivity contribution in [2.75, 3.05) is 4.90 Å². The minimum absolute atomic E-state index is 0.113. The van der Waals surface area contributed by atoms with Gasteiger partial charge in [-0.05, 0) is 121 Å². The lowest BCUT2D eigenvalue weighted by atomic mass is 9.82. The fraction of sp³-hybridized carbons (Fsp3) is 0.0566. The lowest BCUT2D eigenvalue weighted by Crippen LogP contribution is -2.16. The van der Waals surface area contributed by atoms with Gasteiger partial charge < -0.3 is 9.32 Å². The van der Waals surface area contributed by atoms with Gasteiger partial charge in [0.2, 0.25) is 0 Å². The van der Waals surface area contributed by atoms with E-state index in [1.165, 1.54) is 66.1 Å². The Morgan fingerprint density at radius 3 is 1.73 bits per heavy atom. The van der Waals surface area contributed by atoms with Crippen LogP contribution < -0.4 is 4.90 Å². The average Bonchev–Trinajstić information content (AvgIpc) is 3.72. The summed E-state index contributed by atoms with van der Waals surface area (Å²) in [5.41, 5.74) is 15.1. The third-order valence-corrected chi connectivity index (χ3v) is 11.8. The van der Waals surface area contributed by atoms with Gasteiger partial charge in [-0.15, -0.1) is 0 Å². The third-order valence-electron chi connectivity index (χ3n) is 11.8. The van der Waals surface area contributed by atoms with Crippen molar-refractivity contribution >= 4 is 60.5 Å². The Morgan fingerprint density at radius 1 is 0.364 bits per heavy atom. The summed E-state index contributed by atoms with van der Waals surface area (Å²) >= 11 is 0. The third kappa shape index (κ3) is 5.10. The van der Waals surface area contributed by atoms with Crippen LogP contribution in [0.2, 0.25) is 0 Å². The first-order valence-corrected chi connectivity index (χ1v) is 19.1. The second kappa shape index (κ2) is 12.1. The Balaban J connectivity index is 1.02. The number of nitrogens with zero attached hydrogens (tertiary/aromatic N) is 1. The molecule has 260 valence electrons. The molecule has 9 aromatic carbocycles. The van der Waals surface area contributed by atoms with Crippen molar-refractivity contribution in [3.05, 3.63) is 199 Å². The van der Waals surface area contributed by atoms with Crippen LogP contribution in [0.15, 0.2) is 192 Å². The number of hydrogen-bond acceptors (Lipinski definition) is 2. The van der Waals surface area contributed by atoms with Gasteiger partial charge in [-0.3, -0.25) is 0 Å². The van der Waals surface area contributed by atoms with E-state index in [1.54, 1.807) is 0 Å². The fourth-order valence-corrected chi connectivity index (χ4v) is 8.91. The van der Waals surface area contributed by atoms with Crippen LogP contribution in [0, 0.1) is 0 Å². The van der Waals surface area contributed by atoms with Gasteiger partial charge in [0.05, 0.1) is 0 Å². The predicted molar refractivity (Wildman–Crippen MR) is 232 cm³/mol. The number of rotatable bonds is 5. The Bertz CT molecular complexity index is 3130. The second-order valence-electron chi connectivity index (χ2n) is 15.4. The van der Waals surface area contributed by atoms with Crippen molar-refractivity contribution in [3.8, 4) is 33.4 Å². The van der Waals surface area contributed by atoms with Crippen LogP contribution in [0.1, 0.15) is 25.0 Å². The Labute approximate surface area is 320 Å². The largest absolute Gasteiger partial charge is 0.456 e. The van der Waals surface area contributed by atoms with Gasteiger partial charge in [0.25, 0.3) is 0 Å². The zero-order valence-corrected chi connectivity index (χ0v) is 30.8. The van der Waals surface area contributed by atoms with Crippen molar-refractivity contribution in [1.82, 2.24) is 0 Å². The molecule has 0 spiro atoms. The molecule has 1 aliphatic carbocycles. The monoisotopic (exact) mass is 703 g/mol. The molecule has 0 aliphatic heterocycles. The maximum absolute atomic E-state index is 6.43. The van der Waals surface area contributed by atoms with Gasteiger partial charge in [-0.1, -0.05) is 141 Å². The quantitative estimate of drug-likeness (QED) is 0.177. The average molecular weight is 704 g/mol. The maximum atomic E-state index is 6.43. The topological polar surface area (TPSA) is 16.4 Å². The molecule has 1 aromatic heterocycles. The molecule has 0 unspecified atom stereocenters. The Kier molecular flexibility index (Phi) is 6.93. The molecular formula is C53H37NO. The summed E-state index contributed by atoms with van der Waals surface area (Å²) in [4.78, 5) is 2.39. The molecule has 0 N–H and O–H groups in total. The molecular weight excluding hydrogens is 667 g/mol. The highest BCUT2D eigenvalue weighted by atomic mass is 16.3. The molecule has 0 fully saturated rings. The first kappa shape index (κ1) is 31.6. The molecule has 0 amide bonds. The molecule has 55 heavy (non-hydrogen) atoms. The summed E-state index contributed by atoms with van der Waals surface area (Å²) in [6.07, 6.45) is 0. The molecule has 11 rings (SSSR count). The van der Waals surface area contributed by atoms with E-state index < -0.39 is 0 Å². The van der Waals surface area contributed by atoms with Gasteiger partial charge in [0.15, 0.2) is 0 Å². The maximum Gasteiger partial charge on any atom is 0.137 e. The molecule has 0 radical (unpaired) electrons. The Hall–Kier alpha value is -6.90. The van der Waals surface area contributed by atoms with Crippen molar-refractivity contribution in [2.45, 2.75) is 19.3 Å². The summed E-state index contributed by atoms with van der Waals surface area (Å²) < 4.78 is 6.43. The number of anilines is 3. The van der Waals surface area contributed by atoms with E-state index in [2.05, 4.69) is 195 Å². The van der Waals surface area contributed by atoms with E-state index in [0.717, 1.165) is 39.0 Å². The van der Waals surface area contributed by atoms with Crippen LogP contribution in [0.5, 0.6) is 0 Å². The standard InChI is InChI=1S/C53H37NO/c1-53(2)49-13-7-5-11-45(49)46-27-25-43(32-50(46)53)54(44-26-28-48-47-12-6-8-14-51(47)55-52(48)33-44)42-24-23-37-20-22-40(30-41(37)31-42)36-17-15-35(16-18-36)39-21-19-34-9-3-4-10-38(34)29-39/h3-33H,1-2H3. The summed E-state index contributed by atoms with van der Waals surface area (Å²) in [5, 5.41) is 7.18. The summed E-state index contributed by atoms with van der Waals surface area (Å²) in [6, 6.07) is 68.6. The first-order valence-electron chi connectivity index (χ1n) is 19.1. The van der Waals surface area contributed by atoms with E-state index in [0.29, 0.717) is 0 Å². The number of para-hydroxylation sites is 1. The number of hydrogen-bond donors (Lipinski definition) is 0. The molecule has 0 bridgehead atoms. The van der Waals surface area contributed by atoms with Crippen LogP contribution in [0.3, 0.4) is 0 Å². The van der Waals surface area contributed by atoms with Crippen molar-refractivity contribution in [3.63, 3.8) is 0 Å². The minimum atomic E-state index is -0.113. The minimum Gasteiger partial charge on any atom is -0.456 e. The van der Waals surface area contributed by atoms with Crippen molar-refractivity contribution in [1.29, 1.82) is 0 Å². The van der Waals surface area contributed by atoms with E-state index in [9.17, 15) is 0 Å². The van der Waals surface area contributed by atoms with Crippen LogP contribution in [-0.2, 0) is 5.41 Å². The highest BCUT2D eigenvalue weighted by Gasteiger charge is 2.35. The zero-order chi connectivity index (χ0) is 36.7. The first-order chi connectivity index (χ1) is 27.0. The highest BCUT2D eigenvalue weighted by molar-refractivity contribution is 6.06. The summed E-state index contributed by atoms with van der Waals surface area (Å²) in [5.74, 6) is 0. The van der Waals surface area contributed by atoms with Crippen LogP contribution >= 0.6 is 0 Å². The molecule has 0 saturated heterocycles. The van der Waals surface area contributed by atoms with Gasteiger partial charge in [0, 0.05) is 39.3 Å². The van der Waals surface area contributed by atoms with Gasteiger partial charge >= 0.3 is 0 Å². The zero-order valence-electron chi connectivity index (χ0n) is 30.8. The SMILES string of the molecule is CC1(C)c2ccccc2-c2ccc(N(c3ccc4ccc(-c5ccc(-c6ccc7ccccc7c6)cc5)cc4c3)c3ccc4c(c3)oc3ccccc34)cc21. The Morgan fingerprint density at radius 2 is 0.909 bits per heavy atom. The van der Waals surface area contributed by atoms with Gasteiger partial charge in [-0.25, -0.2) is 0 Å². The molecule has 0 saturated carbocycles. The van der Waals surface area contributed by atoms with Gasteiger partial charge in [0.1, 0.15) is 11.2 Å². The molecule has 10 aromatic rings. The number of fused-ring (bicyclic) bond motifs is 8. The molecule has 0 atom stereocenters. The van der Waals surface area contributed by atoms with E-state index in [1.807, 2.05) is 12.1 Å². The lowest BCUT2D eigenvalue weighted by molar-refractivity contribution is 0.660. The number of furan rings is 1. The van der Waals surface area contributed by atoms with Crippen LogP contribution in [0.25, 0.3) is 76.9 Å². The predicted octanol–water partition coefficient (Wildman–Crippen LogP) is 15.0. The summed E-state index contributed by atoms with van der Waals surface area (Å²) in [6.45, 7) is 4.69. The number of benzene rings is 9. The second-order valence-corrected chi connectivity index (χ2v) is 15.4. The lowest BCUT2D eigenvalue weighted by Gasteiger charge is -2.28. The summed E-state index contributed by atoms with van der Waals surface area (Å²) in [7, 11) is 0. The molecule has 2 nitrogen and oxygen atoms in total. The van der Waals surface area contributed by atoms with E-state index in [4.69, 9.17) is 4.42 Å². The van der Waals surface area contributed by atoms with Crippen molar-refractivity contribution in [2.24, 2.45) is 0 Å². The fourth-order valence-electron chi connectivity index (χ4n) is 8.91.